The normalized spacial score (nSPS) is 18.9. The van der Waals surface area contributed by atoms with Gasteiger partial charge in [-0.15, -0.1) is 0 Å². The molecule has 1 aliphatic carbocycles. The molecule has 0 aromatic carbocycles. The lowest BCUT2D eigenvalue weighted by Gasteiger charge is -2.23. The smallest absolute Gasteiger partial charge is 0.409 e. The lowest BCUT2D eigenvalue weighted by atomic mass is 10.2. The van der Waals surface area contributed by atoms with Crippen molar-refractivity contribution in [2.75, 3.05) is 6.61 Å². The van der Waals surface area contributed by atoms with Gasteiger partial charge >= 0.3 is 6.09 Å². The van der Waals surface area contributed by atoms with Crippen LogP contribution >= 0.6 is 0 Å². The highest BCUT2D eigenvalue weighted by molar-refractivity contribution is 5.69. The lowest BCUT2D eigenvalue weighted by molar-refractivity contribution is -0.00338. The number of rotatable bonds is 3. The van der Waals surface area contributed by atoms with Crippen molar-refractivity contribution in [1.82, 2.24) is 5.32 Å². The summed E-state index contributed by atoms with van der Waals surface area (Å²) in [6, 6.07) is 0. The van der Waals surface area contributed by atoms with Crippen molar-refractivity contribution in [1.29, 1.82) is 0 Å². The van der Waals surface area contributed by atoms with Gasteiger partial charge in [-0.25, -0.2) is 4.79 Å². The number of nitrogens with one attached hydrogen (secondary N) is 1. The third kappa shape index (κ3) is 3.54. The monoisotopic (exact) mass is 201 g/mol. The van der Waals surface area contributed by atoms with Crippen molar-refractivity contribution in [3.05, 3.63) is 0 Å². The number of carbonyl (C=O) groups excluding carboxylic acids is 1. The van der Waals surface area contributed by atoms with Gasteiger partial charge < -0.3 is 9.47 Å². The molecule has 0 radical (unpaired) electrons. The van der Waals surface area contributed by atoms with Crippen LogP contribution in [0.25, 0.3) is 0 Å². The van der Waals surface area contributed by atoms with Gasteiger partial charge in [0.15, 0.2) is 0 Å². The quantitative estimate of drug-likeness (QED) is 0.711. The first-order valence-electron chi connectivity index (χ1n) is 5.02. The highest BCUT2D eigenvalue weighted by Crippen LogP contribution is 2.36. The molecule has 0 unspecified atom stereocenters. The zero-order valence-electron chi connectivity index (χ0n) is 9.35. The molecule has 1 rings (SSSR count). The zero-order valence-corrected chi connectivity index (χ0v) is 9.35. The van der Waals surface area contributed by atoms with Crippen LogP contribution in [-0.2, 0) is 9.47 Å². The molecule has 0 aliphatic heterocycles. The van der Waals surface area contributed by atoms with Gasteiger partial charge in [-0.3, -0.25) is 5.32 Å². The van der Waals surface area contributed by atoms with Crippen molar-refractivity contribution in [2.24, 2.45) is 0 Å². The second-order valence-electron chi connectivity index (χ2n) is 4.55. The summed E-state index contributed by atoms with van der Waals surface area (Å²) in [7, 11) is 0. The van der Waals surface area contributed by atoms with E-state index in [2.05, 4.69) is 5.32 Å². The van der Waals surface area contributed by atoms with E-state index in [1.807, 2.05) is 27.7 Å². The topological polar surface area (TPSA) is 47.6 Å². The SMILES string of the molecule is CCOC1(NC(=O)OC(C)(C)C)CC1. The standard InChI is InChI=1S/C10H19NO3/c1-5-13-10(6-7-10)11-8(12)14-9(2,3)4/h5-7H2,1-4H3,(H,11,12). The fourth-order valence-electron chi connectivity index (χ4n) is 1.18. The van der Waals surface area contributed by atoms with E-state index in [4.69, 9.17) is 9.47 Å². The first-order valence-corrected chi connectivity index (χ1v) is 5.02. The van der Waals surface area contributed by atoms with E-state index in [1.54, 1.807) is 0 Å². The van der Waals surface area contributed by atoms with Crippen LogP contribution in [0.1, 0.15) is 40.5 Å². The van der Waals surface area contributed by atoms with E-state index in [0.29, 0.717) is 6.61 Å². The van der Waals surface area contributed by atoms with Crippen LogP contribution in [0.15, 0.2) is 0 Å². The first kappa shape index (κ1) is 11.3. The molecular weight excluding hydrogens is 182 g/mol. The van der Waals surface area contributed by atoms with Crippen LogP contribution in [0.5, 0.6) is 0 Å². The molecule has 0 heterocycles. The molecule has 0 atom stereocenters. The van der Waals surface area contributed by atoms with Crippen LogP contribution in [-0.4, -0.2) is 24.0 Å². The van der Waals surface area contributed by atoms with Gasteiger partial charge in [0, 0.05) is 6.61 Å². The molecule has 0 saturated heterocycles. The van der Waals surface area contributed by atoms with Gasteiger partial charge in [-0.05, 0) is 40.5 Å². The molecule has 1 fully saturated rings. The van der Waals surface area contributed by atoms with Crippen LogP contribution in [0.3, 0.4) is 0 Å². The van der Waals surface area contributed by atoms with E-state index in [-0.39, 0.29) is 0 Å². The Hall–Kier alpha value is -0.770. The maximum absolute atomic E-state index is 11.4. The van der Waals surface area contributed by atoms with Gasteiger partial charge in [0.2, 0.25) is 0 Å². The minimum Gasteiger partial charge on any atom is -0.444 e. The van der Waals surface area contributed by atoms with Crippen LogP contribution in [0.2, 0.25) is 0 Å². The summed E-state index contributed by atoms with van der Waals surface area (Å²) in [6.07, 6.45) is 1.35. The largest absolute Gasteiger partial charge is 0.444 e. The third-order valence-corrected chi connectivity index (χ3v) is 1.85. The first-order chi connectivity index (χ1) is 6.37. The van der Waals surface area contributed by atoms with Gasteiger partial charge in [-0.1, -0.05) is 0 Å². The maximum Gasteiger partial charge on any atom is 0.409 e. The van der Waals surface area contributed by atoms with Gasteiger partial charge in [0.05, 0.1) is 0 Å². The number of hydrogen-bond donors (Lipinski definition) is 1. The Morgan fingerprint density at radius 1 is 1.43 bits per heavy atom. The molecule has 1 aliphatic rings. The molecule has 0 aromatic rings. The number of amides is 1. The predicted octanol–water partition coefficient (Wildman–Crippen LogP) is 2.04. The summed E-state index contributed by atoms with van der Waals surface area (Å²) in [4.78, 5) is 11.4. The lowest BCUT2D eigenvalue weighted by Crippen LogP contribution is -2.42. The molecule has 1 amide bonds. The fraction of sp³-hybridized carbons (Fsp3) is 0.900. The third-order valence-electron chi connectivity index (χ3n) is 1.85. The van der Waals surface area contributed by atoms with Crippen molar-refractivity contribution in [2.45, 2.75) is 51.9 Å². The van der Waals surface area contributed by atoms with Crippen molar-refractivity contribution >= 4 is 6.09 Å². The highest BCUT2D eigenvalue weighted by atomic mass is 16.6. The van der Waals surface area contributed by atoms with E-state index < -0.39 is 17.4 Å². The Morgan fingerprint density at radius 2 is 2.00 bits per heavy atom. The Balaban J connectivity index is 2.34. The van der Waals surface area contributed by atoms with E-state index >= 15 is 0 Å². The van der Waals surface area contributed by atoms with Gasteiger partial charge in [-0.2, -0.15) is 0 Å². The number of carbonyl (C=O) groups is 1. The molecule has 4 nitrogen and oxygen atoms in total. The van der Waals surface area contributed by atoms with Crippen molar-refractivity contribution < 1.29 is 14.3 Å². The molecular formula is C10H19NO3. The second-order valence-corrected chi connectivity index (χ2v) is 4.55. The second kappa shape index (κ2) is 3.77. The van der Waals surface area contributed by atoms with Crippen molar-refractivity contribution in [3.8, 4) is 0 Å². The summed E-state index contributed by atoms with van der Waals surface area (Å²) in [5, 5.41) is 2.74. The summed E-state index contributed by atoms with van der Waals surface area (Å²) < 4.78 is 10.5. The van der Waals surface area contributed by atoms with Crippen LogP contribution in [0, 0.1) is 0 Å². The Morgan fingerprint density at radius 3 is 2.36 bits per heavy atom. The molecule has 0 aromatic heterocycles. The summed E-state index contributed by atoms with van der Waals surface area (Å²) >= 11 is 0. The Bertz CT molecular complexity index is 216. The Labute approximate surface area is 85.0 Å². The zero-order chi connectivity index (χ0) is 10.8. The average Bonchev–Trinajstić information content (AvgIpc) is 2.64. The molecule has 82 valence electrons. The summed E-state index contributed by atoms with van der Waals surface area (Å²) in [6.45, 7) is 8.04. The van der Waals surface area contributed by atoms with Gasteiger partial charge in [0.1, 0.15) is 11.3 Å². The summed E-state index contributed by atoms with van der Waals surface area (Å²) in [5.74, 6) is 0. The number of ether oxygens (including phenoxy) is 2. The minimum atomic E-state index is -0.452. The highest BCUT2D eigenvalue weighted by Gasteiger charge is 2.46. The predicted molar refractivity (Wildman–Crippen MR) is 53.0 cm³/mol. The number of alkyl carbamates (subject to hydrolysis) is 1. The molecule has 0 bridgehead atoms. The van der Waals surface area contributed by atoms with Crippen molar-refractivity contribution in [3.63, 3.8) is 0 Å². The van der Waals surface area contributed by atoms with Crippen LogP contribution in [0.4, 0.5) is 4.79 Å². The molecule has 0 spiro atoms. The van der Waals surface area contributed by atoms with Crippen LogP contribution < -0.4 is 5.32 Å². The van der Waals surface area contributed by atoms with Gasteiger partial charge in [0.25, 0.3) is 0 Å². The Kier molecular flexibility index (Phi) is 3.04. The maximum atomic E-state index is 11.4. The number of hydrogen-bond acceptors (Lipinski definition) is 3. The molecule has 1 saturated carbocycles. The average molecular weight is 201 g/mol. The molecule has 1 N–H and O–H groups in total. The minimum absolute atomic E-state index is 0.400. The summed E-state index contributed by atoms with van der Waals surface area (Å²) in [5.41, 5.74) is -0.885. The molecule has 4 heteroatoms. The molecule has 14 heavy (non-hydrogen) atoms. The van der Waals surface area contributed by atoms with E-state index in [0.717, 1.165) is 12.8 Å². The fourth-order valence-corrected chi connectivity index (χ4v) is 1.18. The van der Waals surface area contributed by atoms with E-state index in [1.165, 1.54) is 0 Å². The van der Waals surface area contributed by atoms with E-state index in [9.17, 15) is 4.79 Å².